The molecule has 1 unspecified atom stereocenters. The molecule has 0 aliphatic heterocycles. The third-order valence-electron chi connectivity index (χ3n) is 6.13. The molecule has 1 N–H and O–H groups in total. The number of nitrogens with one attached hydrogen (secondary N) is 1. The molecule has 1 atom stereocenters. The van der Waals surface area contributed by atoms with Crippen LogP contribution in [0.25, 0.3) is 0 Å². The summed E-state index contributed by atoms with van der Waals surface area (Å²) in [5.41, 5.74) is 0.400. The van der Waals surface area contributed by atoms with Crippen LogP contribution >= 0.6 is 0 Å². The molecule has 0 aliphatic rings. The van der Waals surface area contributed by atoms with Crippen molar-refractivity contribution in [2.75, 3.05) is 25.1 Å². The molecule has 0 radical (unpaired) electrons. The van der Waals surface area contributed by atoms with E-state index in [-0.39, 0.29) is 28.8 Å². The lowest BCUT2D eigenvalue weighted by molar-refractivity contribution is -0.140. The highest BCUT2D eigenvalue weighted by Gasteiger charge is 2.34. The first-order valence-electron chi connectivity index (χ1n) is 12.8. The SMILES string of the molecule is COc1ccc(OC)c(N(CC(=O)N(Cc2ccccc2)C(C)C(=O)NC(C)(C)C)S(=O)(=O)c2ccccc2)c1. The summed E-state index contributed by atoms with van der Waals surface area (Å²) in [6.07, 6.45) is 0. The van der Waals surface area contributed by atoms with Crippen LogP contribution < -0.4 is 19.1 Å². The maximum absolute atomic E-state index is 14.0. The van der Waals surface area contributed by atoms with Gasteiger partial charge in [-0.3, -0.25) is 13.9 Å². The zero-order chi connectivity index (χ0) is 29.5. The first kappa shape index (κ1) is 30.5. The lowest BCUT2D eigenvalue weighted by atomic mass is 10.1. The van der Waals surface area contributed by atoms with Crippen LogP contribution in [0.5, 0.6) is 11.5 Å². The number of carbonyl (C=O) groups excluding carboxylic acids is 2. The topological polar surface area (TPSA) is 105 Å². The smallest absolute Gasteiger partial charge is 0.264 e. The number of carbonyl (C=O) groups is 2. The Labute approximate surface area is 236 Å². The van der Waals surface area contributed by atoms with E-state index in [1.165, 1.54) is 37.3 Å². The minimum absolute atomic E-state index is 0.000747. The molecular formula is C30H37N3O6S. The number of methoxy groups -OCH3 is 2. The largest absolute Gasteiger partial charge is 0.497 e. The van der Waals surface area contributed by atoms with Crippen molar-refractivity contribution < 1.29 is 27.5 Å². The van der Waals surface area contributed by atoms with Crippen LogP contribution in [0.2, 0.25) is 0 Å². The van der Waals surface area contributed by atoms with Gasteiger partial charge >= 0.3 is 0 Å². The normalized spacial score (nSPS) is 12.2. The quantitative estimate of drug-likeness (QED) is 0.372. The second-order valence-corrected chi connectivity index (χ2v) is 12.1. The minimum atomic E-state index is -4.24. The number of rotatable bonds is 11. The summed E-state index contributed by atoms with van der Waals surface area (Å²) in [6, 6.07) is 20.9. The molecule has 40 heavy (non-hydrogen) atoms. The van der Waals surface area contributed by atoms with E-state index in [0.29, 0.717) is 5.75 Å². The first-order chi connectivity index (χ1) is 18.9. The van der Waals surface area contributed by atoms with Crippen LogP contribution in [0.1, 0.15) is 33.3 Å². The van der Waals surface area contributed by atoms with Gasteiger partial charge in [0, 0.05) is 18.2 Å². The van der Waals surface area contributed by atoms with Crippen LogP contribution in [-0.4, -0.2) is 57.5 Å². The molecular weight excluding hydrogens is 530 g/mol. The highest BCUT2D eigenvalue weighted by Crippen LogP contribution is 2.36. The van der Waals surface area contributed by atoms with Crippen LogP contribution in [0.4, 0.5) is 5.69 Å². The van der Waals surface area contributed by atoms with Gasteiger partial charge in [0.15, 0.2) is 0 Å². The van der Waals surface area contributed by atoms with Gasteiger partial charge in [-0.15, -0.1) is 0 Å². The molecule has 3 aromatic rings. The molecule has 0 heterocycles. The van der Waals surface area contributed by atoms with Gasteiger partial charge in [0.2, 0.25) is 11.8 Å². The summed E-state index contributed by atoms with van der Waals surface area (Å²) in [6.45, 7) is 6.70. The molecule has 0 spiro atoms. The fourth-order valence-corrected chi connectivity index (χ4v) is 5.50. The van der Waals surface area contributed by atoms with E-state index in [1.807, 2.05) is 51.1 Å². The number of hydrogen-bond donors (Lipinski definition) is 1. The zero-order valence-corrected chi connectivity index (χ0v) is 24.6. The molecule has 3 rings (SSSR count). The van der Waals surface area contributed by atoms with E-state index in [1.54, 1.807) is 37.3 Å². The van der Waals surface area contributed by atoms with Crippen molar-refractivity contribution in [2.45, 2.75) is 50.7 Å². The van der Waals surface area contributed by atoms with Gasteiger partial charge in [-0.05, 0) is 57.5 Å². The number of anilines is 1. The molecule has 0 bridgehead atoms. The standard InChI is InChI=1S/C30H37N3O6S/c1-22(29(35)31-30(2,3)4)32(20-23-13-9-7-10-14-23)28(34)21-33(40(36,37)25-15-11-8-12-16-25)26-19-24(38-5)17-18-27(26)39-6/h7-19,22H,20-21H2,1-6H3,(H,31,35). The van der Waals surface area contributed by atoms with Gasteiger partial charge in [-0.25, -0.2) is 8.42 Å². The molecule has 2 amide bonds. The number of amides is 2. The second kappa shape index (κ2) is 12.9. The number of ether oxygens (including phenoxy) is 2. The van der Waals surface area contributed by atoms with Gasteiger partial charge in [-0.2, -0.15) is 0 Å². The molecule has 0 aromatic heterocycles. The third kappa shape index (κ3) is 7.53. The Morgan fingerprint density at radius 3 is 2.05 bits per heavy atom. The molecule has 0 fully saturated rings. The van der Waals surface area contributed by atoms with Crippen molar-refractivity contribution in [3.05, 3.63) is 84.4 Å². The molecule has 0 saturated heterocycles. The monoisotopic (exact) mass is 567 g/mol. The van der Waals surface area contributed by atoms with Crippen molar-refractivity contribution in [3.8, 4) is 11.5 Å². The van der Waals surface area contributed by atoms with Gasteiger partial charge in [-0.1, -0.05) is 48.5 Å². The summed E-state index contributed by atoms with van der Waals surface area (Å²) in [4.78, 5) is 28.6. The van der Waals surface area contributed by atoms with Crippen LogP contribution in [0.15, 0.2) is 83.8 Å². The van der Waals surface area contributed by atoms with Crippen molar-refractivity contribution in [1.29, 1.82) is 0 Å². The third-order valence-corrected chi connectivity index (χ3v) is 7.90. The summed E-state index contributed by atoms with van der Waals surface area (Å²) in [5, 5.41) is 2.91. The van der Waals surface area contributed by atoms with Crippen molar-refractivity contribution in [2.24, 2.45) is 0 Å². The fraction of sp³-hybridized carbons (Fsp3) is 0.333. The predicted molar refractivity (Wildman–Crippen MR) is 155 cm³/mol. The Balaban J connectivity index is 2.10. The van der Waals surface area contributed by atoms with Crippen molar-refractivity contribution in [1.82, 2.24) is 10.2 Å². The number of nitrogens with zero attached hydrogens (tertiary/aromatic N) is 2. The van der Waals surface area contributed by atoms with Crippen LogP contribution in [-0.2, 0) is 26.2 Å². The van der Waals surface area contributed by atoms with Gasteiger partial charge < -0.3 is 19.7 Å². The Hall–Kier alpha value is -4.05. The van der Waals surface area contributed by atoms with Crippen LogP contribution in [0.3, 0.4) is 0 Å². The second-order valence-electron chi connectivity index (χ2n) is 10.3. The number of benzene rings is 3. The van der Waals surface area contributed by atoms with E-state index in [9.17, 15) is 18.0 Å². The van der Waals surface area contributed by atoms with E-state index in [4.69, 9.17) is 9.47 Å². The van der Waals surface area contributed by atoms with Crippen molar-refractivity contribution >= 4 is 27.5 Å². The molecule has 10 heteroatoms. The van der Waals surface area contributed by atoms with E-state index < -0.39 is 34.1 Å². The predicted octanol–water partition coefficient (Wildman–Crippen LogP) is 4.23. The summed E-state index contributed by atoms with van der Waals surface area (Å²) in [5.74, 6) is -0.296. The van der Waals surface area contributed by atoms with E-state index in [0.717, 1.165) is 9.87 Å². The average molecular weight is 568 g/mol. The maximum Gasteiger partial charge on any atom is 0.264 e. The lowest BCUT2D eigenvalue weighted by Crippen LogP contribution is -2.54. The molecule has 214 valence electrons. The van der Waals surface area contributed by atoms with Gasteiger partial charge in [0.1, 0.15) is 24.1 Å². The number of sulfonamides is 1. The Morgan fingerprint density at radius 1 is 0.900 bits per heavy atom. The van der Waals surface area contributed by atoms with Gasteiger partial charge in [0.25, 0.3) is 10.0 Å². The molecule has 0 aliphatic carbocycles. The molecule has 0 saturated carbocycles. The highest BCUT2D eigenvalue weighted by molar-refractivity contribution is 7.92. The Kier molecular flexibility index (Phi) is 9.81. The van der Waals surface area contributed by atoms with Gasteiger partial charge in [0.05, 0.1) is 24.8 Å². The summed E-state index contributed by atoms with van der Waals surface area (Å²) in [7, 11) is -1.36. The van der Waals surface area contributed by atoms with Crippen molar-refractivity contribution in [3.63, 3.8) is 0 Å². The average Bonchev–Trinajstić information content (AvgIpc) is 2.93. The first-order valence-corrected chi connectivity index (χ1v) is 14.3. The lowest BCUT2D eigenvalue weighted by Gasteiger charge is -2.33. The van der Waals surface area contributed by atoms with Crippen LogP contribution in [0, 0.1) is 0 Å². The Morgan fingerprint density at radius 2 is 1.50 bits per heavy atom. The number of hydrogen-bond acceptors (Lipinski definition) is 6. The van der Waals surface area contributed by atoms with E-state index >= 15 is 0 Å². The summed E-state index contributed by atoms with van der Waals surface area (Å²) < 4.78 is 39.8. The molecule has 3 aromatic carbocycles. The minimum Gasteiger partial charge on any atom is -0.497 e. The van der Waals surface area contributed by atoms with E-state index in [2.05, 4.69) is 5.32 Å². The Bertz CT molecular complexity index is 1410. The summed E-state index contributed by atoms with van der Waals surface area (Å²) >= 11 is 0. The maximum atomic E-state index is 14.0. The highest BCUT2D eigenvalue weighted by atomic mass is 32.2. The molecule has 9 nitrogen and oxygen atoms in total. The fourth-order valence-electron chi connectivity index (χ4n) is 4.06. The zero-order valence-electron chi connectivity index (χ0n) is 23.7.